The van der Waals surface area contributed by atoms with Gasteiger partial charge in [0.2, 0.25) is 0 Å². The molecular weight excluding hydrogens is 628 g/mol. The van der Waals surface area contributed by atoms with Crippen LogP contribution in [0.3, 0.4) is 0 Å². The Morgan fingerprint density at radius 1 is 0.512 bits per heavy atom. The highest BCUT2D eigenvalue weighted by atomic mass is 79.9. The Morgan fingerprint density at radius 3 is 1.98 bits per heavy atom. The largest absolute Gasteiger partial charge is 0.0622 e. The molecule has 192 valence electrons. The SMILES string of the molecule is Brc1ccc2c3c(c4cccc5c(-c6ccccc6)c(-c6ccccc6)c(Br)c(c13)c54)=C1C=c3ccccc3=C1C2. The molecule has 0 radical (unpaired) electrons. The minimum Gasteiger partial charge on any atom is -0.0622 e. The third-order valence-electron chi connectivity index (χ3n) is 8.96. The Balaban J connectivity index is 1.62. The van der Waals surface area contributed by atoms with E-state index in [-0.39, 0.29) is 0 Å². The van der Waals surface area contributed by atoms with Crippen molar-refractivity contribution in [2.45, 2.75) is 6.42 Å². The molecule has 0 fully saturated rings. The summed E-state index contributed by atoms with van der Waals surface area (Å²) in [5.41, 5.74) is 9.15. The molecule has 2 heteroatoms. The van der Waals surface area contributed by atoms with Gasteiger partial charge in [0.25, 0.3) is 0 Å². The Bertz CT molecular complexity index is 2440. The van der Waals surface area contributed by atoms with E-state index in [9.17, 15) is 0 Å². The second kappa shape index (κ2) is 8.76. The van der Waals surface area contributed by atoms with Crippen molar-refractivity contribution in [3.8, 4) is 22.3 Å². The Kier molecular flexibility index (Phi) is 5.06. The summed E-state index contributed by atoms with van der Waals surface area (Å²) in [6.45, 7) is 0. The van der Waals surface area contributed by atoms with Gasteiger partial charge in [-0.25, -0.2) is 0 Å². The van der Waals surface area contributed by atoms with E-state index in [2.05, 4.69) is 153 Å². The van der Waals surface area contributed by atoms with Gasteiger partial charge in [-0.15, -0.1) is 0 Å². The molecule has 9 rings (SSSR count). The zero-order valence-corrected chi connectivity index (χ0v) is 25.2. The monoisotopic (exact) mass is 648 g/mol. The van der Waals surface area contributed by atoms with Crippen molar-refractivity contribution in [1.29, 1.82) is 0 Å². The lowest BCUT2D eigenvalue weighted by molar-refractivity contribution is 1.30. The lowest BCUT2D eigenvalue weighted by Gasteiger charge is -2.25. The number of halogens is 2. The van der Waals surface area contributed by atoms with Crippen LogP contribution < -0.4 is 15.7 Å². The van der Waals surface area contributed by atoms with Crippen molar-refractivity contribution in [2.24, 2.45) is 0 Å². The van der Waals surface area contributed by atoms with Gasteiger partial charge in [-0.3, -0.25) is 0 Å². The van der Waals surface area contributed by atoms with Crippen LogP contribution in [0.2, 0.25) is 0 Å². The fraction of sp³-hybridized carbons (Fsp3) is 0.0256. The molecule has 0 aliphatic heterocycles. The molecule has 7 aromatic carbocycles. The highest BCUT2D eigenvalue weighted by Crippen LogP contribution is 2.50. The molecule has 0 nitrogen and oxygen atoms in total. The van der Waals surface area contributed by atoms with Gasteiger partial charge in [-0.05, 0) is 105 Å². The Labute approximate surface area is 254 Å². The van der Waals surface area contributed by atoms with Gasteiger partial charge < -0.3 is 0 Å². The van der Waals surface area contributed by atoms with Crippen molar-refractivity contribution in [1.82, 2.24) is 0 Å². The average molecular weight is 650 g/mol. The lowest BCUT2D eigenvalue weighted by atomic mass is 9.80. The van der Waals surface area contributed by atoms with Crippen LogP contribution in [0, 0.1) is 0 Å². The van der Waals surface area contributed by atoms with Crippen LogP contribution in [0.5, 0.6) is 0 Å². The summed E-state index contributed by atoms with van der Waals surface area (Å²) in [5, 5.41) is 11.9. The molecule has 0 aromatic heterocycles. The highest BCUT2D eigenvalue weighted by Gasteiger charge is 2.28. The topological polar surface area (TPSA) is 0 Å². The first-order chi connectivity index (χ1) is 20.2. The van der Waals surface area contributed by atoms with Crippen molar-refractivity contribution < 1.29 is 0 Å². The lowest BCUT2D eigenvalue weighted by Crippen LogP contribution is -2.24. The predicted molar refractivity (Wildman–Crippen MR) is 181 cm³/mol. The van der Waals surface area contributed by atoms with E-state index >= 15 is 0 Å². The molecule has 0 saturated carbocycles. The van der Waals surface area contributed by atoms with Crippen LogP contribution in [-0.2, 0) is 6.42 Å². The molecule has 0 spiro atoms. The minimum atomic E-state index is 0.943. The second-order valence-electron chi connectivity index (χ2n) is 11.0. The van der Waals surface area contributed by atoms with E-state index in [0.29, 0.717) is 0 Å². The first kappa shape index (κ1) is 23.7. The minimum absolute atomic E-state index is 0.943. The molecule has 0 saturated heterocycles. The fourth-order valence-corrected chi connectivity index (χ4v) is 8.69. The van der Waals surface area contributed by atoms with Gasteiger partial charge in [-0.1, -0.05) is 125 Å². The predicted octanol–water partition coefficient (Wildman–Crippen LogP) is 9.08. The third-order valence-corrected chi connectivity index (χ3v) is 10.4. The van der Waals surface area contributed by atoms with Crippen LogP contribution in [0.25, 0.3) is 71.8 Å². The maximum Gasteiger partial charge on any atom is 0.0345 e. The standard InChI is InChI=1S/C39H22Br2/c40-31-19-18-25-21-29-26-15-8-7-14-24(26)20-30(29)36-28-17-9-16-27-32(22-10-3-1-4-11-22)34(23-12-5-2-6-13-23)39(41)38(35(27)28)37(31)33(25)36/h1-20H,21H2. The summed E-state index contributed by atoms with van der Waals surface area (Å²) >= 11 is 8.27. The summed E-state index contributed by atoms with van der Waals surface area (Å²) in [7, 11) is 0. The van der Waals surface area contributed by atoms with Crippen LogP contribution in [0.1, 0.15) is 5.56 Å². The van der Waals surface area contributed by atoms with Gasteiger partial charge in [-0.2, -0.15) is 0 Å². The molecular formula is C39H22Br2. The summed E-state index contributed by atoms with van der Waals surface area (Å²) in [4.78, 5) is 0. The quantitative estimate of drug-likeness (QED) is 0.129. The normalized spacial score (nSPS) is 13.6. The van der Waals surface area contributed by atoms with Gasteiger partial charge >= 0.3 is 0 Å². The summed E-state index contributed by atoms with van der Waals surface area (Å²) < 4.78 is 2.28. The van der Waals surface area contributed by atoms with E-state index in [4.69, 9.17) is 0 Å². The first-order valence-electron chi connectivity index (χ1n) is 14.0. The molecule has 0 N–H and O–H groups in total. The van der Waals surface area contributed by atoms with Crippen molar-refractivity contribution >= 4 is 81.4 Å². The van der Waals surface area contributed by atoms with Crippen LogP contribution in [0.15, 0.2) is 124 Å². The number of hydrogen-bond acceptors (Lipinski definition) is 0. The zero-order chi connectivity index (χ0) is 27.2. The van der Waals surface area contributed by atoms with Gasteiger partial charge in [0.05, 0.1) is 0 Å². The van der Waals surface area contributed by atoms with Crippen LogP contribution in [0.4, 0.5) is 0 Å². The van der Waals surface area contributed by atoms with E-state index in [0.717, 1.165) is 15.4 Å². The van der Waals surface area contributed by atoms with Crippen molar-refractivity contribution in [3.63, 3.8) is 0 Å². The summed E-state index contributed by atoms with van der Waals surface area (Å²) in [6, 6.07) is 42.0. The van der Waals surface area contributed by atoms with Crippen molar-refractivity contribution in [2.75, 3.05) is 0 Å². The fourth-order valence-electron chi connectivity index (χ4n) is 7.33. The van der Waals surface area contributed by atoms with Crippen LogP contribution in [-0.4, -0.2) is 0 Å². The van der Waals surface area contributed by atoms with Gasteiger partial charge in [0, 0.05) is 25.3 Å². The van der Waals surface area contributed by atoms with Crippen molar-refractivity contribution in [3.05, 3.63) is 145 Å². The molecule has 7 aromatic rings. The second-order valence-corrected chi connectivity index (χ2v) is 12.7. The van der Waals surface area contributed by atoms with E-state index in [1.165, 1.54) is 86.9 Å². The smallest absolute Gasteiger partial charge is 0.0345 e. The first-order valence-corrected chi connectivity index (χ1v) is 15.6. The van der Waals surface area contributed by atoms with Gasteiger partial charge in [0.15, 0.2) is 0 Å². The Hall–Kier alpha value is -3.98. The summed E-state index contributed by atoms with van der Waals surface area (Å²) in [6.07, 6.45) is 3.36. The number of fused-ring (bicyclic) bond motifs is 4. The molecule has 0 bridgehead atoms. The number of hydrogen-bond donors (Lipinski definition) is 0. The molecule has 2 aliphatic rings. The average Bonchev–Trinajstić information content (AvgIpc) is 3.39. The molecule has 41 heavy (non-hydrogen) atoms. The van der Waals surface area contributed by atoms with E-state index in [1.807, 2.05) is 0 Å². The molecule has 0 amide bonds. The maximum atomic E-state index is 4.23. The molecule has 0 heterocycles. The third kappa shape index (κ3) is 3.21. The number of rotatable bonds is 2. The van der Waals surface area contributed by atoms with E-state index < -0.39 is 0 Å². The highest BCUT2D eigenvalue weighted by molar-refractivity contribution is 9.11. The van der Waals surface area contributed by atoms with E-state index in [1.54, 1.807) is 0 Å². The maximum absolute atomic E-state index is 4.23. The number of benzene rings is 7. The molecule has 0 atom stereocenters. The zero-order valence-electron chi connectivity index (χ0n) is 22.0. The summed E-state index contributed by atoms with van der Waals surface area (Å²) in [5.74, 6) is 0. The van der Waals surface area contributed by atoms with Gasteiger partial charge in [0.1, 0.15) is 0 Å². The Morgan fingerprint density at radius 2 is 1.20 bits per heavy atom. The van der Waals surface area contributed by atoms with Crippen LogP contribution >= 0.6 is 31.9 Å². The molecule has 0 unspecified atom stereocenters. The molecule has 2 aliphatic carbocycles.